The first-order valence-corrected chi connectivity index (χ1v) is 11.6. The van der Waals surface area contributed by atoms with Crippen LogP contribution in [0.4, 0.5) is 11.4 Å². The summed E-state index contributed by atoms with van der Waals surface area (Å²) in [6.45, 7) is 1.73. The number of nitrogens with one attached hydrogen (secondary N) is 1. The second kappa shape index (κ2) is 9.41. The molecule has 1 N–H and O–H groups in total. The molecule has 0 aliphatic carbocycles. The molecule has 0 saturated carbocycles. The Morgan fingerprint density at radius 1 is 0.931 bits per heavy atom. The highest BCUT2D eigenvalue weighted by Gasteiger charge is 2.27. The van der Waals surface area contributed by atoms with E-state index in [0.29, 0.717) is 11.4 Å². The third kappa shape index (κ3) is 5.36. The Hall–Kier alpha value is -2.39. The highest BCUT2D eigenvalue weighted by molar-refractivity contribution is 14.1. The van der Waals surface area contributed by atoms with Crippen LogP contribution in [0.25, 0.3) is 0 Å². The lowest BCUT2D eigenvalue weighted by Gasteiger charge is -2.24. The number of aryl methyl sites for hydroxylation is 1. The van der Waals surface area contributed by atoms with E-state index in [2.05, 4.69) is 34.8 Å². The molecule has 0 spiro atoms. The summed E-state index contributed by atoms with van der Waals surface area (Å²) in [7, 11) is -3.89. The summed E-state index contributed by atoms with van der Waals surface area (Å²) in [5.41, 5.74) is 2.23. The van der Waals surface area contributed by atoms with Gasteiger partial charge >= 0.3 is 0 Å². The first-order valence-electron chi connectivity index (χ1n) is 9.12. The molecule has 1 amide bonds. The molecule has 0 aliphatic heterocycles. The standard InChI is InChI=1S/C22H21IN2O3S/c1-2-17-8-12-19(13-9-17)24-22(26)16-25(20-14-10-18(23)11-15-20)29(27,28)21-6-4-3-5-7-21/h3-15H,2,16H2,1H3,(H,24,26). The fraction of sp³-hybridized carbons (Fsp3) is 0.136. The van der Waals surface area contributed by atoms with Crippen molar-refractivity contribution < 1.29 is 13.2 Å². The summed E-state index contributed by atoms with van der Waals surface area (Å²) in [5, 5.41) is 2.78. The van der Waals surface area contributed by atoms with Crippen LogP contribution in [0.5, 0.6) is 0 Å². The third-order valence-corrected chi connectivity index (χ3v) is 6.89. The predicted octanol–water partition coefficient (Wildman–Crippen LogP) is 4.69. The van der Waals surface area contributed by atoms with E-state index < -0.39 is 15.9 Å². The van der Waals surface area contributed by atoms with E-state index in [1.54, 1.807) is 30.3 Å². The lowest BCUT2D eigenvalue weighted by Crippen LogP contribution is -2.38. The summed E-state index contributed by atoms with van der Waals surface area (Å²) in [6, 6.07) is 22.7. The summed E-state index contributed by atoms with van der Waals surface area (Å²) in [4.78, 5) is 12.8. The Kier molecular flexibility index (Phi) is 6.92. The molecular formula is C22H21IN2O3S. The van der Waals surface area contributed by atoms with Gasteiger partial charge in [0.2, 0.25) is 5.91 Å². The quantitative estimate of drug-likeness (QED) is 0.460. The van der Waals surface area contributed by atoms with Gasteiger partial charge in [0.25, 0.3) is 10.0 Å². The Labute approximate surface area is 184 Å². The number of sulfonamides is 1. The van der Waals surface area contributed by atoms with Gasteiger partial charge in [-0.05, 0) is 83.1 Å². The number of benzene rings is 3. The molecule has 0 aliphatic rings. The first kappa shape index (κ1) is 21.3. The minimum absolute atomic E-state index is 0.138. The van der Waals surface area contributed by atoms with Gasteiger partial charge in [0, 0.05) is 9.26 Å². The van der Waals surface area contributed by atoms with Gasteiger partial charge in [0.15, 0.2) is 0 Å². The van der Waals surface area contributed by atoms with Crippen LogP contribution in [-0.2, 0) is 21.2 Å². The smallest absolute Gasteiger partial charge is 0.264 e. The van der Waals surface area contributed by atoms with Gasteiger partial charge < -0.3 is 5.32 Å². The molecule has 0 unspecified atom stereocenters. The van der Waals surface area contributed by atoms with Crippen LogP contribution in [0.3, 0.4) is 0 Å². The molecule has 0 bridgehead atoms. The normalized spacial score (nSPS) is 11.1. The van der Waals surface area contributed by atoms with Crippen LogP contribution in [0.1, 0.15) is 12.5 Å². The summed E-state index contributed by atoms with van der Waals surface area (Å²) in [5.74, 6) is -0.410. The maximum Gasteiger partial charge on any atom is 0.264 e. The van der Waals surface area contributed by atoms with E-state index in [1.807, 2.05) is 36.4 Å². The van der Waals surface area contributed by atoms with Crippen LogP contribution < -0.4 is 9.62 Å². The molecule has 0 heterocycles. The van der Waals surface area contributed by atoms with E-state index in [-0.39, 0.29) is 11.4 Å². The average molecular weight is 520 g/mol. The van der Waals surface area contributed by atoms with Crippen molar-refractivity contribution in [1.82, 2.24) is 0 Å². The molecule has 3 aromatic carbocycles. The fourth-order valence-electron chi connectivity index (χ4n) is 2.80. The van der Waals surface area contributed by atoms with Gasteiger partial charge in [-0.1, -0.05) is 37.3 Å². The second-order valence-electron chi connectivity index (χ2n) is 6.40. The molecule has 3 rings (SSSR count). The SMILES string of the molecule is CCc1ccc(NC(=O)CN(c2ccc(I)cc2)S(=O)(=O)c2ccccc2)cc1. The maximum atomic E-state index is 13.2. The van der Waals surface area contributed by atoms with E-state index in [1.165, 1.54) is 12.1 Å². The van der Waals surface area contributed by atoms with Crippen LogP contribution in [-0.4, -0.2) is 20.9 Å². The van der Waals surface area contributed by atoms with Crippen molar-refractivity contribution in [2.75, 3.05) is 16.2 Å². The van der Waals surface area contributed by atoms with E-state index in [4.69, 9.17) is 0 Å². The number of hydrogen-bond acceptors (Lipinski definition) is 3. The number of amides is 1. The number of carbonyl (C=O) groups excluding carboxylic acids is 1. The lowest BCUT2D eigenvalue weighted by atomic mass is 10.1. The zero-order chi connectivity index (χ0) is 20.9. The maximum absolute atomic E-state index is 13.2. The number of hydrogen-bond donors (Lipinski definition) is 1. The van der Waals surface area contributed by atoms with Gasteiger partial charge in [-0.2, -0.15) is 0 Å². The third-order valence-electron chi connectivity index (χ3n) is 4.38. The zero-order valence-electron chi connectivity index (χ0n) is 15.9. The topological polar surface area (TPSA) is 66.5 Å². The van der Waals surface area contributed by atoms with Crippen molar-refractivity contribution in [1.29, 1.82) is 0 Å². The molecule has 29 heavy (non-hydrogen) atoms. The lowest BCUT2D eigenvalue weighted by molar-refractivity contribution is -0.114. The largest absolute Gasteiger partial charge is 0.325 e. The highest BCUT2D eigenvalue weighted by Crippen LogP contribution is 2.24. The van der Waals surface area contributed by atoms with Crippen LogP contribution in [0.2, 0.25) is 0 Å². The first-order chi connectivity index (χ1) is 13.9. The number of nitrogens with zero attached hydrogens (tertiary/aromatic N) is 1. The second-order valence-corrected chi connectivity index (χ2v) is 9.51. The molecule has 0 aromatic heterocycles. The molecule has 150 valence electrons. The van der Waals surface area contributed by atoms with Crippen molar-refractivity contribution >= 4 is 49.9 Å². The summed E-state index contributed by atoms with van der Waals surface area (Å²) >= 11 is 2.15. The summed E-state index contributed by atoms with van der Waals surface area (Å²) < 4.78 is 28.6. The molecule has 7 heteroatoms. The van der Waals surface area contributed by atoms with Crippen molar-refractivity contribution in [3.05, 3.63) is 88.0 Å². The number of rotatable bonds is 7. The Morgan fingerprint density at radius 2 is 1.55 bits per heavy atom. The van der Waals surface area contributed by atoms with Crippen molar-refractivity contribution in [2.24, 2.45) is 0 Å². The molecule has 0 atom stereocenters. The van der Waals surface area contributed by atoms with E-state index in [0.717, 1.165) is 19.9 Å². The van der Waals surface area contributed by atoms with Gasteiger partial charge in [-0.25, -0.2) is 8.42 Å². The fourth-order valence-corrected chi connectivity index (χ4v) is 4.60. The monoisotopic (exact) mass is 520 g/mol. The Balaban J connectivity index is 1.88. The van der Waals surface area contributed by atoms with E-state index in [9.17, 15) is 13.2 Å². The Bertz CT molecular complexity index is 1070. The molecule has 0 fully saturated rings. The molecule has 0 saturated heterocycles. The van der Waals surface area contributed by atoms with Crippen LogP contribution in [0, 0.1) is 3.57 Å². The van der Waals surface area contributed by atoms with Gasteiger partial charge in [-0.15, -0.1) is 0 Å². The number of carbonyl (C=O) groups is 1. The minimum atomic E-state index is -3.89. The summed E-state index contributed by atoms with van der Waals surface area (Å²) in [6.07, 6.45) is 0.907. The minimum Gasteiger partial charge on any atom is -0.325 e. The highest BCUT2D eigenvalue weighted by atomic mass is 127. The molecule has 0 radical (unpaired) electrons. The molecular weight excluding hydrogens is 499 g/mol. The van der Waals surface area contributed by atoms with Crippen LogP contribution >= 0.6 is 22.6 Å². The van der Waals surface area contributed by atoms with Gasteiger partial charge in [0.05, 0.1) is 10.6 Å². The zero-order valence-corrected chi connectivity index (χ0v) is 18.9. The molecule has 5 nitrogen and oxygen atoms in total. The van der Waals surface area contributed by atoms with Crippen molar-refractivity contribution in [2.45, 2.75) is 18.2 Å². The van der Waals surface area contributed by atoms with Crippen molar-refractivity contribution in [3.63, 3.8) is 0 Å². The average Bonchev–Trinajstić information content (AvgIpc) is 2.74. The number of halogens is 1. The molecule has 3 aromatic rings. The predicted molar refractivity (Wildman–Crippen MR) is 125 cm³/mol. The van der Waals surface area contributed by atoms with Crippen LogP contribution in [0.15, 0.2) is 83.8 Å². The Morgan fingerprint density at radius 3 is 2.14 bits per heavy atom. The van der Waals surface area contributed by atoms with Crippen molar-refractivity contribution in [3.8, 4) is 0 Å². The number of anilines is 2. The van der Waals surface area contributed by atoms with Gasteiger partial charge in [0.1, 0.15) is 6.54 Å². The van der Waals surface area contributed by atoms with E-state index >= 15 is 0 Å². The van der Waals surface area contributed by atoms with Gasteiger partial charge in [-0.3, -0.25) is 9.10 Å².